The van der Waals surface area contributed by atoms with Crippen LogP contribution in [0.25, 0.3) is 0 Å². The monoisotopic (exact) mass is 376 g/mol. The van der Waals surface area contributed by atoms with E-state index >= 15 is 0 Å². The Morgan fingerprint density at radius 1 is 1.12 bits per heavy atom. The highest BCUT2D eigenvalue weighted by molar-refractivity contribution is 7.92. The van der Waals surface area contributed by atoms with Crippen LogP contribution >= 0.6 is 0 Å². The lowest BCUT2D eigenvalue weighted by Gasteiger charge is -2.09. The van der Waals surface area contributed by atoms with E-state index in [9.17, 15) is 23.4 Å². The molecule has 2 aromatic carbocycles. The molecule has 2 N–H and O–H groups in total. The average Bonchev–Trinajstić information content (AvgIpc) is 3.15. The van der Waals surface area contributed by atoms with Gasteiger partial charge in [0.1, 0.15) is 5.41 Å². The molecule has 0 spiro atoms. The van der Waals surface area contributed by atoms with Crippen LogP contribution in [0.1, 0.15) is 11.5 Å². The Kier molecular flexibility index (Phi) is 3.71. The van der Waals surface area contributed by atoms with Gasteiger partial charge in [-0.3, -0.25) is 4.79 Å². The van der Waals surface area contributed by atoms with Gasteiger partial charge in [0.2, 0.25) is 6.79 Å². The summed E-state index contributed by atoms with van der Waals surface area (Å²) in [7, 11) is -3.95. The van der Waals surface area contributed by atoms with Gasteiger partial charge in [-0.25, -0.2) is 8.42 Å². The lowest BCUT2D eigenvalue weighted by Crippen LogP contribution is -2.27. The van der Waals surface area contributed by atoms with Crippen molar-refractivity contribution in [1.82, 2.24) is 0 Å². The Morgan fingerprint density at radius 3 is 2.46 bits per heavy atom. The van der Waals surface area contributed by atoms with Gasteiger partial charge in [0.25, 0.3) is 0 Å². The molecule has 7 nitrogen and oxygen atoms in total. The second-order valence-electron chi connectivity index (χ2n) is 6.37. The second-order valence-corrected chi connectivity index (χ2v) is 8.44. The number of rotatable bonds is 5. The Labute approximate surface area is 149 Å². The first-order chi connectivity index (χ1) is 12.4. The lowest BCUT2D eigenvalue weighted by atomic mass is 10.00. The Balaban J connectivity index is 1.81. The van der Waals surface area contributed by atoms with Crippen LogP contribution < -0.4 is 9.47 Å². The fourth-order valence-corrected chi connectivity index (χ4v) is 6.09. The van der Waals surface area contributed by atoms with Gasteiger partial charge in [0, 0.05) is 5.92 Å². The van der Waals surface area contributed by atoms with Crippen molar-refractivity contribution < 1.29 is 32.9 Å². The molecule has 1 saturated carbocycles. The SMILES string of the molecule is O=C(O)[C@@]1(CO)[C@@H](c2ccc3c(c2)OCO3)[C@@H]1S(=O)(=O)c1ccccc1. The van der Waals surface area contributed by atoms with Crippen LogP contribution in [-0.2, 0) is 14.6 Å². The number of aliphatic carboxylic acids is 1. The van der Waals surface area contributed by atoms with E-state index in [1.165, 1.54) is 12.1 Å². The van der Waals surface area contributed by atoms with Gasteiger partial charge in [-0.1, -0.05) is 24.3 Å². The van der Waals surface area contributed by atoms with Crippen LogP contribution in [0.2, 0.25) is 0 Å². The zero-order chi connectivity index (χ0) is 18.5. The molecule has 0 radical (unpaired) electrons. The van der Waals surface area contributed by atoms with Gasteiger partial charge >= 0.3 is 5.97 Å². The van der Waals surface area contributed by atoms with Crippen LogP contribution in [0.15, 0.2) is 53.4 Å². The van der Waals surface area contributed by atoms with Crippen LogP contribution in [0, 0.1) is 5.41 Å². The van der Waals surface area contributed by atoms with Crippen molar-refractivity contribution in [2.24, 2.45) is 5.41 Å². The summed E-state index contributed by atoms with van der Waals surface area (Å²) in [6, 6.07) is 12.5. The summed E-state index contributed by atoms with van der Waals surface area (Å²) in [6.45, 7) is -0.725. The van der Waals surface area contributed by atoms with Crippen molar-refractivity contribution in [3.05, 3.63) is 54.1 Å². The number of benzene rings is 2. The molecule has 3 atom stereocenters. The van der Waals surface area contributed by atoms with Crippen molar-refractivity contribution in [2.75, 3.05) is 13.4 Å². The molecule has 1 heterocycles. The minimum Gasteiger partial charge on any atom is -0.481 e. The highest BCUT2D eigenvalue weighted by Gasteiger charge is 2.75. The average molecular weight is 376 g/mol. The number of hydrogen-bond donors (Lipinski definition) is 2. The number of sulfone groups is 1. The zero-order valence-corrected chi connectivity index (χ0v) is 14.3. The summed E-state index contributed by atoms with van der Waals surface area (Å²) in [6.07, 6.45) is 0. The van der Waals surface area contributed by atoms with Crippen molar-refractivity contribution in [1.29, 1.82) is 0 Å². The molecule has 1 aliphatic heterocycles. The molecule has 0 unspecified atom stereocenters. The van der Waals surface area contributed by atoms with E-state index in [1.54, 1.807) is 36.4 Å². The van der Waals surface area contributed by atoms with Crippen LogP contribution in [0.5, 0.6) is 11.5 Å². The first-order valence-corrected chi connectivity index (χ1v) is 9.50. The number of carbonyl (C=O) groups is 1. The number of hydrogen-bond acceptors (Lipinski definition) is 6. The summed E-state index contributed by atoms with van der Waals surface area (Å²) in [5.41, 5.74) is -1.31. The summed E-state index contributed by atoms with van der Waals surface area (Å²) >= 11 is 0. The summed E-state index contributed by atoms with van der Waals surface area (Å²) < 4.78 is 36.7. The maximum absolute atomic E-state index is 13.1. The lowest BCUT2D eigenvalue weighted by molar-refractivity contribution is -0.145. The quantitative estimate of drug-likeness (QED) is 0.812. The first kappa shape index (κ1) is 16.9. The normalized spacial score (nSPS) is 26.5. The molecule has 0 aromatic heterocycles. The molecule has 0 amide bonds. The largest absolute Gasteiger partial charge is 0.481 e. The molecular weight excluding hydrogens is 360 g/mol. The highest BCUT2D eigenvalue weighted by Crippen LogP contribution is 2.64. The molecule has 4 rings (SSSR count). The molecule has 8 heteroatoms. The second kappa shape index (κ2) is 5.72. The van der Waals surface area contributed by atoms with E-state index in [0.717, 1.165) is 0 Å². The fraction of sp³-hybridized carbons (Fsp3) is 0.278. The Hall–Kier alpha value is -2.58. The summed E-state index contributed by atoms with van der Waals surface area (Å²) in [5, 5.41) is 18.3. The number of aliphatic hydroxyl groups excluding tert-OH is 1. The fourth-order valence-electron chi connectivity index (χ4n) is 3.71. The van der Waals surface area contributed by atoms with Gasteiger partial charge < -0.3 is 19.7 Å². The molecule has 136 valence electrons. The number of carboxylic acid groups (broad SMARTS) is 1. The van der Waals surface area contributed by atoms with Crippen LogP contribution in [0.4, 0.5) is 0 Å². The molecule has 1 fully saturated rings. The molecule has 0 bridgehead atoms. The van der Waals surface area contributed by atoms with Crippen LogP contribution in [0.3, 0.4) is 0 Å². The van der Waals surface area contributed by atoms with E-state index in [0.29, 0.717) is 17.1 Å². The first-order valence-electron chi connectivity index (χ1n) is 7.95. The van der Waals surface area contributed by atoms with Gasteiger partial charge in [0.15, 0.2) is 21.3 Å². The topological polar surface area (TPSA) is 110 Å². The van der Waals surface area contributed by atoms with Gasteiger partial charge in [0.05, 0.1) is 16.8 Å². The highest BCUT2D eigenvalue weighted by atomic mass is 32.2. The van der Waals surface area contributed by atoms with Gasteiger partial charge in [-0.2, -0.15) is 0 Å². The maximum Gasteiger partial charge on any atom is 0.314 e. The zero-order valence-electron chi connectivity index (χ0n) is 13.5. The molecule has 0 saturated heterocycles. The van der Waals surface area contributed by atoms with Crippen molar-refractivity contribution in [2.45, 2.75) is 16.1 Å². The van der Waals surface area contributed by atoms with Gasteiger partial charge in [-0.05, 0) is 29.8 Å². The smallest absolute Gasteiger partial charge is 0.314 e. The van der Waals surface area contributed by atoms with Crippen LogP contribution in [-0.4, -0.2) is 43.2 Å². The van der Waals surface area contributed by atoms with Crippen molar-refractivity contribution in [3.8, 4) is 11.5 Å². The number of ether oxygens (including phenoxy) is 2. The minimum absolute atomic E-state index is 0.0346. The number of carboxylic acids is 1. The standard InChI is InChI=1S/C18H16O7S/c19-9-18(17(20)21)15(11-6-7-13-14(8-11)25-10-24-13)16(18)26(22,23)12-4-2-1-3-5-12/h1-8,15-16,19H,9-10H2,(H,20,21)/t15-,16-,18-/m0/s1. The third kappa shape index (κ3) is 2.22. The molecule has 2 aromatic rings. The number of fused-ring (bicyclic) bond motifs is 1. The van der Waals surface area contributed by atoms with E-state index in [2.05, 4.69) is 0 Å². The molecule has 1 aliphatic carbocycles. The third-order valence-corrected chi connectivity index (χ3v) is 7.37. The molecular formula is C18H16O7S. The molecule has 26 heavy (non-hydrogen) atoms. The van der Waals surface area contributed by atoms with Crippen molar-refractivity contribution >= 4 is 15.8 Å². The van der Waals surface area contributed by atoms with E-state index in [-0.39, 0.29) is 11.7 Å². The minimum atomic E-state index is -3.95. The van der Waals surface area contributed by atoms with Gasteiger partial charge in [-0.15, -0.1) is 0 Å². The summed E-state index contributed by atoms with van der Waals surface area (Å²) in [4.78, 5) is 12.0. The predicted molar refractivity (Wildman–Crippen MR) is 89.9 cm³/mol. The Morgan fingerprint density at radius 2 is 1.81 bits per heavy atom. The van der Waals surface area contributed by atoms with E-state index in [4.69, 9.17) is 9.47 Å². The summed E-state index contributed by atoms with van der Waals surface area (Å²) in [5.74, 6) is -1.28. The van der Waals surface area contributed by atoms with E-state index < -0.39 is 39.0 Å². The van der Waals surface area contributed by atoms with E-state index in [1.807, 2.05) is 0 Å². The maximum atomic E-state index is 13.1. The predicted octanol–water partition coefficient (Wildman–Crippen LogP) is 1.42. The Bertz CT molecular complexity index is 970. The number of aliphatic hydroxyl groups is 1. The third-order valence-electron chi connectivity index (χ3n) is 5.08. The van der Waals surface area contributed by atoms with Crippen molar-refractivity contribution in [3.63, 3.8) is 0 Å². The molecule has 2 aliphatic rings.